The van der Waals surface area contributed by atoms with E-state index in [0.29, 0.717) is 6.01 Å². The fraction of sp³-hybridized carbons (Fsp3) is 0.286. The van der Waals surface area contributed by atoms with Gasteiger partial charge in [-0.15, -0.1) is 0 Å². The predicted octanol–water partition coefficient (Wildman–Crippen LogP) is 4.14. The Labute approximate surface area is 158 Å². The third kappa shape index (κ3) is 4.34. The molecule has 27 heavy (non-hydrogen) atoms. The van der Waals surface area contributed by atoms with E-state index in [2.05, 4.69) is 20.6 Å². The molecule has 1 fully saturated rings. The number of nitrogens with zero attached hydrogens (tertiary/aromatic N) is 2. The van der Waals surface area contributed by atoms with Crippen molar-refractivity contribution in [1.29, 1.82) is 0 Å². The maximum Gasteiger partial charge on any atom is 0.319 e. The maximum atomic E-state index is 12.4. The van der Waals surface area contributed by atoms with Crippen LogP contribution in [-0.2, 0) is 0 Å². The highest BCUT2D eigenvalue weighted by Gasteiger charge is 2.24. The topological polar surface area (TPSA) is 76.1 Å². The normalized spacial score (nSPS) is 19.4. The average Bonchev–Trinajstić information content (AvgIpc) is 2.71. The number of carbonyl (C=O) groups excluding carboxylic acids is 1. The summed E-state index contributed by atoms with van der Waals surface area (Å²) in [7, 11) is 0. The highest BCUT2D eigenvalue weighted by atomic mass is 16.5. The molecule has 2 N–H and O–H groups in total. The fourth-order valence-corrected chi connectivity index (χ4v) is 3.50. The van der Waals surface area contributed by atoms with Gasteiger partial charge in [-0.05, 0) is 43.2 Å². The summed E-state index contributed by atoms with van der Waals surface area (Å²) in [5.41, 5.74) is 0.823. The van der Waals surface area contributed by atoms with Crippen LogP contribution in [0, 0.1) is 0 Å². The van der Waals surface area contributed by atoms with E-state index in [1.54, 1.807) is 18.5 Å². The molecule has 1 aliphatic carbocycles. The van der Waals surface area contributed by atoms with Crippen molar-refractivity contribution in [3.8, 4) is 6.01 Å². The lowest BCUT2D eigenvalue weighted by molar-refractivity contribution is 0.129. The molecule has 0 radical (unpaired) electrons. The Morgan fingerprint density at radius 1 is 0.926 bits per heavy atom. The number of aromatic nitrogens is 2. The van der Waals surface area contributed by atoms with Crippen LogP contribution in [0.2, 0.25) is 0 Å². The number of anilines is 1. The van der Waals surface area contributed by atoms with Gasteiger partial charge in [-0.3, -0.25) is 0 Å². The minimum atomic E-state index is -0.165. The number of hydrogen-bond donors (Lipinski definition) is 2. The zero-order valence-corrected chi connectivity index (χ0v) is 15.0. The second-order valence-corrected chi connectivity index (χ2v) is 6.75. The Kier molecular flexibility index (Phi) is 5.14. The van der Waals surface area contributed by atoms with E-state index < -0.39 is 0 Å². The molecule has 4 rings (SSSR count). The van der Waals surface area contributed by atoms with Gasteiger partial charge in [0, 0.05) is 23.8 Å². The molecule has 0 atom stereocenters. The molecule has 1 aromatic heterocycles. The Bertz CT molecular complexity index is 903. The second-order valence-electron chi connectivity index (χ2n) is 6.75. The van der Waals surface area contributed by atoms with Crippen LogP contribution in [-0.4, -0.2) is 28.1 Å². The van der Waals surface area contributed by atoms with Crippen molar-refractivity contribution in [2.45, 2.75) is 37.8 Å². The average molecular weight is 362 g/mol. The van der Waals surface area contributed by atoms with E-state index in [0.717, 1.165) is 42.1 Å². The summed E-state index contributed by atoms with van der Waals surface area (Å²) >= 11 is 0. The smallest absolute Gasteiger partial charge is 0.319 e. The molecule has 2 aromatic carbocycles. The number of rotatable bonds is 4. The summed E-state index contributed by atoms with van der Waals surface area (Å²) < 4.78 is 5.80. The van der Waals surface area contributed by atoms with Crippen LogP contribution in [0.3, 0.4) is 0 Å². The summed E-state index contributed by atoms with van der Waals surface area (Å²) in [6.45, 7) is 0. The molecule has 6 nitrogen and oxygen atoms in total. The van der Waals surface area contributed by atoms with Crippen molar-refractivity contribution in [2.24, 2.45) is 0 Å². The Balaban J connectivity index is 1.29. The van der Waals surface area contributed by atoms with Crippen LogP contribution >= 0.6 is 0 Å². The lowest BCUT2D eigenvalue weighted by Gasteiger charge is -2.28. The number of carbonyl (C=O) groups is 1. The van der Waals surface area contributed by atoms with Gasteiger partial charge in [0.2, 0.25) is 0 Å². The lowest BCUT2D eigenvalue weighted by Crippen LogP contribution is -2.41. The molecule has 138 valence electrons. The third-order valence-corrected chi connectivity index (χ3v) is 4.86. The molecule has 2 amide bonds. The molecule has 1 saturated carbocycles. The van der Waals surface area contributed by atoms with Crippen molar-refractivity contribution in [1.82, 2.24) is 15.3 Å². The monoisotopic (exact) mass is 362 g/mol. The number of urea groups is 1. The van der Waals surface area contributed by atoms with Gasteiger partial charge in [0.1, 0.15) is 6.10 Å². The molecule has 1 heterocycles. The summed E-state index contributed by atoms with van der Waals surface area (Å²) in [6.07, 6.45) is 6.95. The summed E-state index contributed by atoms with van der Waals surface area (Å²) in [5, 5.41) is 8.21. The minimum Gasteiger partial charge on any atom is -0.460 e. The molecular weight excluding hydrogens is 340 g/mol. The number of ether oxygens (including phenoxy) is 1. The van der Waals surface area contributed by atoms with Crippen LogP contribution in [0.4, 0.5) is 10.5 Å². The minimum absolute atomic E-state index is 0.103. The largest absolute Gasteiger partial charge is 0.460 e. The van der Waals surface area contributed by atoms with Crippen molar-refractivity contribution in [3.63, 3.8) is 0 Å². The first-order valence-electron chi connectivity index (χ1n) is 9.27. The van der Waals surface area contributed by atoms with E-state index in [4.69, 9.17) is 4.74 Å². The summed E-state index contributed by atoms with van der Waals surface area (Å²) in [4.78, 5) is 20.6. The van der Waals surface area contributed by atoms with Crippen molar-refractivity contribution < 1.29 is 9.53 Å². The van der Waals surface area contributed by atoms with Crippen LogP contribution in [0.25, 0.3) is 10.8 Å². The van der Waals surface area contributed by atoms with Crippen LogP contribution in [0.5, 0.6) is 6.01 Å². The number of fused-ring (bicyclic) bond motifs is 1. The van der Waals surface area contributed by atoms with Gasteiger partial charge in [-0.25, -0.2) is 14.8 Å². The van der Waals surface area contributed by atoms with Crippen LogP contribution in [0.15, 0.2) is 60.9 Å². The first-order valence-corrected chi connectivity index (χ1v) is 9.27. The van der Waals surface area contributed by atoms with Crippen molar-refractivity contribution in [2.75, 3.05) is 5.32 Å². The molecule has 0 aliphatic heterocycles. The first kappa shape index (κ1) is 17.3. The molecule has 0 unspecified atom stereocenters. The van der Waals surface area contributed by atoms with E-state index in [-0.39, 0.29) is 18.2 Å². The molecule has 6 heteroatoms. The van der Waals surface area contributed by atoms with Gasteiger partial charge >= 0.3 is 12.0 Å². The summed E-state index contributed by atoms with van der Waals surface area (Å²) in [5.74, 6) is 0. The van der Waals surface area contributed by atoms with Gasteiger partial charge in [-0.2, -0.15) is 0 Å². The highest BCUT2D eigenvalue weighted by Crippen LogP contribution is 2.24. The van der Waals surface area contributed by atoms with E-state index in [9.17, 15) is 4.79 Å². The number of benzene rings is 2. The molecule has 0 spiro atoms. The van der Waals surface area contributed by atoms with Crippen LogP contribution in [0.1, 0.15) is 25.7 Å². The van der Waals surface area contributed by atoms with Gasteiger partial charge in [0.05, 0.1) is 5.69 Å². The number of nitrogens with one attached hydrogen (secondary N) is 2. The van der Waals surface area contributed by atoms with Crippen LogP contribution < -0.4 is 15.4 Å². The Morgan fingerprint density at radius 3 is 2.48 bits per heavy atom. The predicted molar refractivity (Wildman–Crippen MR) is 105 cm³/mol. The molecule has 3 aromatic rings. The van der Waals surface area contributed by atoms with E-state index >= 15 is 0 Å². The number of amides is 2. The van der Waals surface area contributed by atoms with Crippen molar-refractivity contribution >= 4 is 22.5 Å². The standard InChI is InChI=1S/C21H22N4O2/c26-20(25-19-8-3-6-15-5-1-2-7-18(15)19)24-16-9-11-17(12-10-16)27-21-22-13-4-14-23-21/h1-8,13-14,16-17H,9-12H2,(H2,24,25,26). The highest BCUT2D eigenvalue weighted by molar-refractivity contribution is 6.01. The fourth-order valence-electron chi connectivity index (χ4n) is 3.50. The van der Waals surface area contributed by atoms with Gasteiger partial charge in [0.25, 0.3) is 0 Å². The SMILES string of the molecule is O=C(Nc1cccc2ccccc12)NC1CCC(Oc2ncccn2)CC1. The molecular formula is C21H22N4O2. The quantitative estimate of drug-likeness (QED) is 0.731. The van der Waals surface area contributed by atoms with E-state index in [1.807, 2.05) is 42.5 Å². The lowest BCUT2D eigenvalue weighted by atomic mass is 9.93. The Hall–Kier alpha value is -3.15. The van der Waals surface area contributed by atoms with Gasteiger partial charge in [-0.1, -0.05) is 36.4 Å². The second kappa shape index (κ2) is 8.03. The number of hydrogen-bond acceptors (Lipinski definition) is 4. The van der Waals surface area contributed by atoms with Gasteiger partial charge in [0.15, 0.2) is 0 Å². The molecule has 1 aliphatic rings. The molecule has 0 bridgehead atoms. The molecule has 0 saturated heterocycles. The Morgan fingerprint density at radius 2 is 1.67 bits per heavy atom. The zero-order chi connectivity index (χ0) is 18.5. The van der Waals surface area contributed by atoms with Gasteiger partial charge < -0.3 is 15.4 Å². The van der Waals surface area contributed by atoms with E-state index in [1.165, 1.54) is 0 Å². The maximum absolute atomic E-state index is 12.4. The zero-order valence-electron chi connectivity index (χ0n) is 15.0. The summed E-state index contributed by atoms with van der Waals surface area (Å²) in [6, 6.07) is 16.1. The third-order valence-electron chi connectivity index (χ3n) is 4.86. The first-order chi connectivity index (χ1) is 13.3. The van der Waals surface area contributed by atoms with Crippen molar-refractivity contribution in [3.05, 3.63) is 60.9 Å².